The lowest BCUT2D eigenvalue weighted by Crippen LogP contribution is -2.02. The zero-order chi connectivity index (χ0) is 16.3. The van der Waals surface area contributed by atoms with Gasteiger partial charge in [0.05, 0.1) is 0 Å². The number of benzene rings is 2. The SMILES string of the molecule is C=C=C(c1ccc(C(C)=O)cc1)C(O)c1ccc(Cl)cc1Cl. The normalized spacial score (nSPS) is 11.6. The average Bonchev–Trinajstić information content (AvgIpc) is 2.48. The van der Waals surface area contributed by atoms with E-state index in [0.29, 0.717) is 26.7 Å². The lowest BCUT2D eigenvalue weighted by molar-refractivity contribution is 0.101. The van der Waals surface area contributed by atoms with Gasteiger partial charge in [-0.25, -0.2) is 0 Å². The average molecular weight is 333 g/mol. The van der Waals surface area contributed by atoms with Gasteiger partial charge in [0.15, 0.2) is 5.78 Å². The van der Waals surface area contributed by atoms with E-state index in [-0.39, 0.29) is 5.78 Å². The largest absolute Gasteiger partial charge is 0.383 e. The fourth-order valence-electron chi connectivity index (χ4n) is 2.12. The second kappa shape index (κ2) is 6.95. The van der Waals surface area contributed by atoms with Crippen molar-refractivity contribution in [3.63, 3.8) is 0 Å². The zero-order valence-corrected chi connectivity index (χ0v) is 13.4. The molecule has 4 heteroatoms. The molecule has 112 valence electrons. The van der Waals surface area contributed by atoms with Gasteiger partial charge >= 0.3 is 0 Å². The van der Waals surface area contributed by atoms with Gasteiger partial charge in [-0.05, 0) is 24.6 Å². The minimum atomic E-state index is -0.981. The highest BCUT2D eigenvalue weighted by Gasteiger charge is 2.18. The van der Waals surface area contributed by atoms with Crippen LogP contribution in [0.5, 0.6) is 0 Å². The molecule has 1 N–H and O–H groups in total. The maximum atomic E-state index is 11.3. The Hall–Kier alpha value is -1.83. The predicted octanol–water partition coefficient (Wildman–Crippen LogP) is 5.10. The number of rotatable bonds is 4. The molecule has 0 spiro atoms. The van der Waals surface area contributed by atoms with Gasteiger partial charge in [-0.15, -0.1) is 5.73 Å². The molecule has 2 nitrogen and oxygen atoms in total. The smallest absolute Gasteiger partial charge is 0.159 e. The summed E-state index contributed by atoms with van der Waals surface area (Å²) in [7, 11) is 0. The Labute approximate surface area is 139 Å². The quantitative estimate of drug-likeness (QED) is 0.624. The summed E-state index contributed by atoms with van der Waals surface area (Å²) in [5.74, 6) is -0.0167. The predicted molar refractivity (Wildman–Crippen MR) is 90.4 cm³/mol. The number of Topliss-reactive ketones (excluding diaryl/α,β-unsaturated/α-hetero) is 1. The summed E-state index contributed by atoms with van der Waals surface area (Å²) in [6.45, 7) is 5.13. The number of ketones is 1. The van der Waals surface area contributed by atoms with Crippen molar-refractivity contribution in [2.75, 3.05) is 0 Å². The number of halogens is 2. The Kier molecular flexibility index (Phi) is 5.23. The fraction of sp³-hybridized carbons (Fsp3) is 0.111. The number of hydrogen-bond acceptors (Lipinski definition) is 2. The molecule has 0 saturated carbocycles. The number of aliphatic hydroxyl groups is 1. The topological polar surface area (TPSA) is 37.3 Å². The third kappa shape index (κ3) is 3.49. The van der Waals surface area contributed by atoms with Crippen LogP contribution in [0.25, 0.3) is 5.57 Å². The van der Waals surface area contributed by atoms with Gasteiger partial charge in [0.2, 0.25) is 0 Å². The first kappa shape index (κ1) is 16.5. The molecule has 0 aliphatic rings. The molecule has 0 amide bonds. The first-order valence-corrected chi connectivity index (χ1v) is 7.34. The maximum absolute atomic E-state index is 11.3. The van der Waals surface area contributed by atoms with E-state index in [1.165, 1.54) is 6.92 Å². The van der Waals surface area contributed by atoms with E-state index < -0.39 is 6.10 Å². The number of aliphatic hydroxyl groups excluding tert-OH is 1. The molecule has 0 saturated heterocycles. The van der Waals surface area contributed by atoms with Gasteiger partial charge in [0.25, 0.3) is 0 Å². The van der Waals surface area contributed by atoms with Crippen LogP contribution in [0, 0.1) is 0 Å². The van der Waals surface area contributed by atoms with Gasteiger partial charge in [-0.3, -0.25) is 4.79 Å². The molecule has 22 heavy (non-hydrogen) atoms. The van der Waals surface area contributed by atoms with Crippen LogP contribution in [0.2, 0.25) is 10.0 Å². The van der Waals surface area contributed by atoms with Crippen LogP contribution >= 0.6 is 23.2 Å². The molecule has 2 rings (SSSR count). The summed E-state index contributed by atoms with van der Waals surface area (Å²) in [5.41, 5.74) is 5.08. The monoisotopic (exact) mass is 332 g/mol. The molecule has 0 radical (unpaired) electrons. The molecule has 1 unspecified atom stereocenters. The van der Waals surface area contributed by atoms with Crippen molar-refractivity contribution in [1.29, 1.82) is 0 Å². The van der Waals surface area contributed by atoms with Crippen LogP contribution in [0.1, 0.15) is 34.5 Å². The molecule has 0 bridgehead atoms. The van der Waals surface area contributed by atoms with E-state index in [4.69, 9.17) is 23.2 Å². The highest BCUT2D eigenvalue weighted by molar-refractivity contribution is 6.35. The minimum absolute atomic E-state index is 0.0167. The van der Waals surface area contributed by atoms with Crippen LogP contribution in [-0.2, 0) is 0 Å². The van der Waals surface area contributed by atoms with Gasteiger partial charge in [-0.1, -0.05) is 60.1 Å². The Balaban J connectivity index is 2.39. The van der Waals surface area contributed by atoms with Crippen LogP contribution in [0.15, 0.2) is 54.8 Å². The fourth-order valence-corrected chi connectivity index (χ4v) is 2.63. The summed E-state index contributed by atoms with van der Waals surface area (Å²) in [6, 6.07) is 11.8. The van der Waals surface area contributed by atoms with Crippen LogP contribution in [0.4, 0.5) is 0 Å². The minimum Gasteiger partial charge on any atom is -0.383 e. The van der Waals surface area contributed by atoms with Crippen molar-refractivity contribution in [3.05, 3.63) is 81.5 Å². The molecule has 0 aliphatic heterocycles. The summed E-state index contributed by atoms with van der Waals surface area (Å²) in [5, 5.41) is 11.4. The second-order valence-corrected chi connectivity index (χ2v) is 5.64. The van der Waals surface area contributed by atoms with Gasteiger partial charge in [0, 0.05) is 26.7 Å². The summed E-state index contributed by atoms with van der Waals surface area (Å²) in [6.07, 6.45) is -0.981. The van der Waals surface area contributed by atoms with Crippen molar-refractivity contribution < 1.29 is 9.90 Å². The van der Waals surface area contributed by atoms with Gasteiger partial charge in [-0.2, -0.15) is 0 Å². The van der Waals surface area contributed by atoms with Crippen molar-refractivity contribution >= 4 is 34.6 Å². The second-order valence-electron chi connectivity index (χ2n) is 4.79. The molecule has 2 aromatic rings. The summed E-state index contributed by atoms with van der Waals surface area (Å²) in [4.78, 5) is 11.3. The van der Waals surface area contributed by atoms with Crippen molar-refractivity contribution in [2.24, 2.45) is 0 Å². The van der Waals surface area contributed by atoms with Crippen molar-refractivity contribution in [2.45, 2.75) is 13.0 Å². The van der Waals surface area contributed by atoms with Crippen LogP contribution in [0.3, 0.4) is 0 Å². The Morgan fingerprint density at radius 3 is 2.23 bits per heavy atom. The first-order chi connectivity index (χ1) is 10.4. The zero-order valence-electron chi connectivity index (χ0n) is 11.9. The molecular weight excluding hydrogens is 319 g/mol. The number of carbonyl (C=O) groups excluding carboxylic acids is 1. The Bertz CT molecular complexity index is 757. The summed E-state index contributed by atoms with van der Waals surface area (Å²) < 4.78 is 0. The van der Waals surface area contributed by atoms with Crippen molar-refractivity contribution in [1.82, 2.24) is 0 Å². The Morgan fingerprint density at radius 1 is 1.14 bits per heavy atom. The lowest BCUT2D eigenvalue weighted by Gasteiger charge is -2.16. The third-order valence-electron chi connectivity index (χ3n) is 3.32. The van der Waals surface area contributed by atoms with E-state index in [2.05, 4.69) is 12.3 Å². The summed E-state index contributed by atoms with van der Waals surface area (Å²) >= 11 is 12.0. The molecule has 0 aromatic heterocycles. The molecule has 0 heterocycles. The van der Waals surface area contributed by atoms with Crippen LogP contribution in [-0.4, -0.2) is 10.9 Å². The van der Waals surface area contributed by atoms with E-state index >= 15 is 0 Å². The lowest BCUT2D eigenvalue weighted by atomic mass is 9.95. The van der Waals surface area contributed by atoms with E-state index in [0.717, 1.165) is 5.56 Å². The molecular formula is C18H14Cl2O2. The standard InChI is InChI=1S/C18H14Cl2O2/c1-3-15(13-6-4-12(5-7-13)11(2)21)18(22)16-9-8-14(19)10-17(16)20/h4-10,18,22H,1H2,2H3. The van der Waals surface area contributed by atoms with Gasteiger partial charge < -0.3 is 5.11 Å². The molecule has 1 atom stereocenters. The molecule has 2 aromatic carbocycles. The highest BCUT2D eigenvalue weighted by Crippen LogP contribution is 2.34. The van der Waals surface area contributed by atoms with Crippen LogP contribution < -0.4 is 0 Å². The Morgan fingerprint density at radius 2 is 1.73 bits per heavy atom. The number of hydrogen-bond donors (Lipinski definition) is 1. The maximum Gasteiger partial charge on any atom is 0.159 e. The third-order valence-corrected chi connectivity index (χ3v) is 3.89. The van der Waals surface area contributed by atoms with E-state index in [9.17, 15) is 9.90 Å². The van der Waals surface area contributed by atoms with Crippen molar-refractivity contribution in [3.8, 4) is 0 Å². The first-order valence-electron chi connectivity index (χ1n) is 6.58. The van der Waals surface area contributed by atoms with Gasteiger partial charge in [0.1, 0.15) is 6.10 Å². The number of carbonyl (C=O) groups is 1. The molecule has 0 fully saturated rings. The van der Waals surface area contributed by atoms with E-state index in [1.54, 1.807) is 42.5 Å². The highest BCUT2D eigenvalue weighted by atomic mass is 35.5. The molecule has 0 aliphatic carbocycles. The van der Waals surface area contributed by atoms with E-state index in [1.807, 2.05) is 0 Å².